The molecule has 3 rings (SSSR count). The number of aromatic nitrogens is 1. The van der Waals surface area contributed by atoms with Gasteiger partial charge in [0, 0.05) is 16.6 Å². The van der Waals surface area contributed by atoms with E-state index < -0.39 is 0 Å². The summed E-state index contributed by atoms with van der Waals surface area (Å²) in [4.78, 5) is 14.8. The third kappa shape index (κ3) is 1.48. The van der Waals surface area contributed by atoms with Crippen LogP contribution in [0.2, 0.25) is 0 Å². The second-order valence-electron chi connectivity index (χ2n) is 4.29. The minimum atomic E-state index is -0.281. The SMILES string of the molecule is COC(=O)c1ccc2[nH]c(C3CC3)cc2c1. The van der Waals surface area contributed by atoms with E-state index >= 15 is 0 Å². The van der Waals surface area contributed by atoms with Gasteiger partial charge >= 0.3 is 5.97 Å². The molecule has 3 nitrogen and oxygen atoms in total. The highest BCUT2D eigenvalue weighted by molar-refractivity contribution is 5.94. The van der Waals surface area contributed by atoms with Crippen LogP contribution >= 0.6 is 0 Å². The lowest BCUT2D eigenvalue weighted by Gasteiger charge is -1.98. The van der Waals surface area contributed by atoms with Gasteiger partial charge in [-0.2, -0.15) is 0 Å². The summed E-state index contributed by atoms with van der Waals surface area (Å²) < 4.78 is 4.70. The molecule has 1 heterocycles. The highest BCUT2D eigenvalue weighted by Gasteiger charge is 2.25. The van der Waals surface area contributed by atoms with Gasteiger partial charge in [-0.05, 0) is 43.0 Å². The summed E-state index contributed by atoms with van der Waals surface area (Å²) in [5.74, 6) is 0.421. The highest BCUT2D eigenvalue weighted by Crippen LogP contribution is 2.40. The summed E-state index contributed by atoms with van der Waals surface area (Å²) in [6.45, 7) is 0. The standard InChI is InChI=1S/C13H13NO2/c1-16-13(15)9-4-5-11-10(6-9)7-12(14-11)8-2-3-8/h4-8,14H,2-3H2,1H3. The second kappa shape index (κ2) is 3.37. The van der Waals surface area contributed by atoms with Gasteiger partial charge < -0.3 is 9.72 Å². The summed E-state index contributed by atoms with van der Waals surface area (Å²) >= 11 is 0. The Morgan fingerprint density at radius 3 is 2.88 bits per heavy atom. The van der Waals surface area contributed by atoms with Gasteiger partial charge in [0.05, 0.1) is 12.7 Å². The molecule has 1 aromatic carbocycles. The van der Waals surface area contributed by atoms with Crippen molar-refractivity contribution < 1.29 is 9.53 Å². The van der Waals surface area contributed by atoms with Crippen LogP contribution in [0.5, 0.6) is 0 Å². The summed E-state index contributed by atoms with van der Waals surface area (Å²) in [6, 6.07) is 7.75. The summed E-state index contributed by atoms with van der Waals surface area (Å²) in [5, 5.41) is 1.09. The van der Waals surface area contributed by atoms with Crippen molar-refractivity contribution in [3.05, 3.63) is 35.5 Å². The lowest BCUT2D eigenvalue weighted by Crippen LogP contribution is -2.00. The van der Waals surface area contributed by atoms with Crippen molar-refractivity contribution in [2.75, 3.05) is 7.11 Å². The Balaban J connectivity index is 2.06. The number of hydrogen-bond acceptors (Lipinski definition) is 2. The first-order valence-electron chi connectivity index (χ1n) is 5.49. The van der Waals surface area contributed by atoms with Crippen molar-refractivity contribution in [1.82, 2.24) is 4.98 Å². The Kier molecular flexibility index (Phi) is 1.99. The van der Waals surface area contributed by atoms with E-state index in [9.17, 15) is 4.79 Å². The summed E-state index contributed by atoms with van der Waals surface area (Å²) in [5.41, 5.74) is 2.99. The largest absolute Gasteiger partial charge is 0.465 e. The van der Waals surface area contributed by atoms with Gasteiger partial charge in [-0.1, -0.05) is 0 Å². The van der Waals surface area contributed by atoms with Crippen LogP contribution in [-0.4, -0.2) is 18.1 Å². The smallest absolute Gasteiger partial charge is 0.337 e. The first-order valence-corrected chi connectivity index (χ1v) is 5.49. The molecule has 2 aromatic rings. The zero-order valence-corrected chi connectivity index (χ0v) is 9.12. The quantitative estimate of drug-likeness (QED) is 0.783. The number of hydrogen-bond donors (Lipinski definition) is 1. The average Bonchev–Trinajstić information content (AvgIpc) is 3.07. The number of esters is 1. The van der Waals surface area contributed by atoms with Crippen LogP contribution in [-0.2, 0) is 4.74 Å². The predicted octanol–water partition coefficient (Wildman–Crippen LogP) is 2.83. The second-order valence-corrected chi connectivity index (χ2v) is 4.29. The molecular formula is C13H13NO2. The number of carbonyl (C=O) groups excluding carboxylic acids is 1. The number of nitrogens with one attached hydrogen (secondary N) is 1. The van der Waals surface area contributed by atoms with Crippen molar-refractivity contribution in [3.63, 3.8) is 0 Å². The molecule has 0 saturated heterocycles. The number of carbonyl (C=O) groups is 1. The van der Waals surface area contributed by atoms with Crippen molar-refractivity contribution in [2.45, 2.75) is 18.8 Å². The fourth-order valence-corrected chi connectivity index (χ4v) is 2.01. The van der Waals surface area contributed by atoms with Crippen LogP contribution in [0, 0.1) is 0 Å². The maximum Gasteiger partial charge on any atom is 0.337 e. The number of fused-ring (bicyclic) bond motifs is 1. The minimum Gasteiger partial charge on any atom is -0.465 e. The number of aromatic amines is 1. The van der Waals surface area contributed by atoms with E-state index in [1.807, 2.05) is 12.1 Å². The van der Waals surface area contributed by atoms with Crippen molar-refractivity contribution in [2.24, 2.45) is 0 Å². The maximum atomic E-state index is 11.4. The van der Waals surface area contributed by atoms with Crippen LogP contribution in [0.4, 0.5) is 0 Å². The molecule has 82 valence electrons. The fraction of sp³-hybridized carbons (Fsp3) is 0.308. The molecule has 0 amide bonds. The molecule has 0 radical (unpaired) electrons. The predicted molar refractivity (Wildman–Crippen MR) is 61.6 cm³/mol. The van der Waals surface area contributed by atoms with Crippen molar-refractivity contribution in [1.29, 1.82) is 0 Å². The van der Waals surface area contributed by atoms with Gasteiger partial charge in [0.15, 0.2) is 0 Å². The van der Waals surface area contributed by atoms with E-state index in [1.54, 1.807) is 6.07 Å². The van der Waals surface area contributed by atoms with E-state index in [0.29, 0.717) is 11.5 Å². The molecule has 0 bridgehead atoms. The Morgan fingerprint density at radius 1 is 1.38 bits per heavy atom. The average molecular weight is 215 g/mol. The maximum absolute atomic E-state index is 11.4. The van der Waals surface area contributed by atoms with Gasteiger partial charge in [-0.25, -0.2) is 4.79 Å². The van der Waals surface area contributed by atoms with Crippen LogP contribution in [0.3, 0.4) is 0 Å². The zero-order valence-electron chi connectivity index (χ0n) is 9.12. The van der Waals surface area contributed by atoms with Crippen LogP contribution in [0.1, 0.15) is 34.8 Å². The lowest BCUT2D eigenvalue weighted by atomic mass is 10.1. The van der Waals surface area contributed by atoms with Gasteiger partial charge in [0.1, 0.15) is 0 Å². The molecule has 3 heteroatoms. The van der Waals surface area contributed by atoms with Crippen molar-refractivity contribution in [3.8, 4) is 0 Å². The number of methoxy groups -OCH3 is 1. The number of H-pyrrole nitrogens is 1. The molecule has 1 fully saturated rings. The molecule has 1 N–H and O–H groups in total. The van der Waals surface area contributed by atoms with E-state index in [0.717, 1.165) is 10.9 Å². The molecule has 0 spiro atoms. The Morgan fingerprint density at radius 2 is 2.19 bits per heavy atom. The minimum absolute atomic E-state index is 0.281. The fourth-order valence-electron chi connectivity index (χ4n) is 2.01. The van der Waals surface area contributed by atoms with E-state index in [2.05, 4.69) is 11.1 Å². The van der Waals surface area contributed by atoms with Crippen LogP contribution in [0.15, 0.2) is 24.3 Å². The molecule has 1 aliphatic carbocycles. The third-order valence-electron chi connectivity index (χ3n) is 3.08. The van der Waals surface area contributed by atoms with Gasteiger partial charge in [0.25, 0.3) is 0 Å². The Labute approximate surface area is 93.4 Å². The zero-order chi connectivity index (χ0) is 11.1. The van der Waals surface area contributed by atoms with Gasteiger partial charge in [0.2, 0.25) is 0 Å². The molecule has 1 saturated carbocycles. The monoisotopic (exact) mass is 215 g/mol. The molecule has 0 aliphatic heterocycles. The Hall–Kier alpha value is -1.77. The van der Waals surface area contributed by atoms with E-state index in [4.69, 9.17) is 4.74 Å². The molecule has 1 aromatic heterocycles. The van der Waals surface area contributed by atoms with E-state index in [-0.39, 0.29) is 5.97 Å². The van der Waals surface area contributed by atoms with Crippen LogP contribution in [0.25, 0.3) is 10.9 Å². The number of rotatable bonds is 2. The van der Waals surface area contributed by atoms with Gasteiger partial charge in [-0.3, -0.25) is 0 Å². The lowest BCUT2D eigenvalue weighted by molar-refractivity contribution is 0.0601. The van der Waals surface area contributed by atoms with Crippen LogP contribution < -0.4 is 0 Å². The topological polar surface area (TPSA) is 42.1 Å². The van der Waals surface area contributed by atoms with Crippen molar-refractivity contribution >= 4 is 16.9 Å². The molecule has 1 aliphatic rings. The summed E-state index contributed by atoms with van der Waals surface area (Å²) in [7, 11) is 1.40. The first-order chi connectivity index (χ1) is 7.78. The normalized spacial score (nSPS) is 15.3. The Bertz CT molecular complexity index is 552. The summed E-state index contributed by atoms with van der Waals surface area (Å²) in [6.07, 6.45) is 2.55. The molecule has 16 heavy (non-hydrogen) atoms. The van der Waals surface area contributed by atoms with E-state index in [1.165, 1.54) is 25.6 Å². The molecular weight excluding hydrogens is 202 g/mol. The van der Waals surface area contributed by atoms with Gasteiger partial charge in [-0.15, -0.1) is 0 Å². The molecule has 0 unspecified atom stereocenters. The number of benzene rings is 1. The molecule has 0 atom stereocenters. The third-order valence-corrected chi connectivity index (χ3v) is 3.08. The first kappa shape index (κ1) is 9.46. The highest BCUT2D eigenvalue weighted by atomic mass is 16.5. The number of ether oxygens (including phenoxy) is 1.